The summed E-state index contributed by atoms with van der Waals surface area (Å²) in [7, 11) is 1.61. The molecule has 5 rings (SSSR count). The van der Waals surface area contributed by atoms with Crippen molar-refractivity contribution in [3.63, 3.8) is 0 Å². The highest BCUT2D eigenvalue weighted by molar-refractivity contribution is 5.84. The Bertz CT molecular complexity index is 1480. The molecule has 0 unspecified atom stereocenters. The van der Waals surface area contributed by atoms with Crippen molar-refractivity contribution in [1.82, 2.24) is 14.5 Å². The average molecular weight is 475 g/mol. The van der Waals surface area contributed by atoms with Gasteiger partial charge in [-0.1, -0.05) is 24.3 Å². The van der Waals surface area contributed by atoms with Gasteiger partial charge >= 0.3 is 0 Å². The van der Waals surface area contributed by atoms with Crippen LogP contribution in [0.5, 0.6) is 5.75 Å². The third-order valence-electron chi connectivity index (χ3n) is 5.78. The lowest BCUT2D eigenvalue weighted by Gasteiger charge is -2.18. The molecule has 1 N–H and O–H groups in total. The maximum absolute atomic E-state index is 14.3. The molecular weight excluding hydrogens is 450 g/mol. The summed E-state index contributed by atoms with van der Waals surface area (Å²) in [5, 5.41) is 3.32. The highest BCUT2D eigenvalue weighted by Crippen LogP contribution is 2.33. The zero-order valence-corrected chi connectivity index (χ0v) is 19.5. The lowest BCUT2D eigenvalue weighted by Crippen LogP contribution is -2.13. The molecule has 5 aromatic rings. The topological polar surface area (TPSA) is 65.1 Å². The summed E-state index contributed by atoms with van der Waals surface area (Å²) in [5.41, 5.74) is 3.57. The van der Waals surface area contributed by atoms with Gasteiger partial charge in [-0.05, 0) is 55.0 Å². The van der Waals surface area contributed by atoms with Crippen LogP contribution in [0.15, 0.2) is 77.3 Å². The van der Waals surface area contributed by atoms with Gasteiger partial charge in [0.15, 0.2) is 0 Å². The van der Waals surface area contributed by atoms with E-state index in [0.717, 1.165) is 29.4 Å². The Labute approximate surface area is 201 Å². The number of hydrogen-bond acceptors (Lipinski definition) is 5. The molecule has 0 fully saturated rings. The summed E-state index contributed by atoms with van der Waals surface area (Å²) in [6, 6.07) is 19.7. The van der Waals surface area contributed by atoms with Gasteiger partial charge in [0, 0.05) is 23.7 Å². The number of fused-ring (bicyclic) bond motifs is 1. The number of ether oxygens (including phenoxy) is 1. The fourth-order valence-electron chi connectivity index (χ4n) is 4.07. The average Bonchev–Trinajstić information content (AvgIpc) is 3.42. The van der Waals surface area contributed by atoms with Crippen molar-refractivity contribution in [3.8, 4) is 17.2 Å². The fraction of sp³-hybridized carbons (Fsp3) is 0.185. The Morgan fingerprint density at radius 1 is 1.06 bits per heavy atom. The molecule has 0 spiro atoms. The summed E-state index contributed by atoms with van der Waals surface area (Å²) in [5.74, 6) is -0.495. The van der Waals surface area contributed by atoms with E-state index >= 15 is 0 Å². The Balaban J connectivity index is 1.61. The Morgan fingerprint density at radius 3 is 2.51 bits per heavy atom. The SMILES string of the molecule is COc1ccc(Nc2nc3cc(-c4ncc(C)o4)ccc3n2Cc2ccccc2C(C)(F)F)cc1. The van der Waals surface area contributed by atoms with Crippen LogP contribution in [0.3, 0.4) is 0 Å². The van der Waals surface area contributed by atoms with Gasteiger partial charge in [0.25, 0.3) is 5.92 Å². The van der Waals surface area contributed by atoms with Gasteiger partial charge < -0.3 is 19.0 Å². The van der Waals surface area contributed by atoms with Gasteiger partial charge in [-0.3, -0.25) is 0 Å². The van der Waals surface area contributed by atoms with Gasteiger partial charge in [-0.2, -0.15) is 0 Å². The predicted molar refractivity (Wildman–Crippen MR) is 131 cm³/mol. The number of alkyl halides is 2. The first-order valence-corrected chi connectivity index (χ1v) is 11.1. The first kappa shape index (κ1) is 22.6. The molecule has 2 heterocycles. The molecular formula is C27H24F2N4O2. The van der Waals surface area contributed by atoms with Crippen LogP contribution in [0.4, 0.5) is 20.4 Å². The predicted octanol–water partition coefficient (Wildman–Crippen LogP) is 6.91. The molecule has 178 valence electrons. The highest BCUT2D eigenvalue weighted by Gasteiger charge is 2.27. The second kappa shape index (κ2) is 8.87. The maximum atomic E-state index is 14.3. The van der Waals surface area contributed by atoms with Crippen molar-refractivity contribution in [3.05, 3.63) is 89.8 Å². The van der Waals surface area contributed by atoms with Crippen molar-refractivity contribution < 1.29 is 17.9 Å². The molecule has 0 radical (unpaired) electrons. The van der Waals surface area contributed by atoms with E-state index in [1.165, 1.54) is 6.07 Å². The molecule has 0 aliphatic heterocycles. The van der Waals surface area contributed by atoms with E-state index in [0.29, 0.717) is 28.7 Å². The quantitative estimate of drug-likeness (QED) is 0.278. The monoisotopic (exact) mass is 474 g/mol. The van der Waals surface area contributed by atoms with E-state index in [-0.39, 0.29) is 12.1 Å². The van der Waals surface area contributed by atoms with Crippen LogP contribution in [-0.4, -0.2) is 21.6 Å². The van der Waals surface area contributed by atoms with Crippen LogP contribution in [0, 0.1) is 6.92 Å². The molecule has 0 saturated heterocycles. The molecule has 0 amide bonds. The molecule has 0 aliphatic rings. The first-order chi connectivity index (χ1) is 16.8. The number of aryl methyl sites for hydroxylation is 1. The molecule has 35 heavy (non-hydrogen) atoms. The summed E-state index contributed by atoms with van der Waals surface area (Å²) in [6.07, 6.45) is 1.66. The molecule has 0 atom stereocenters. The van der Waals surface area contributed by atoms with E-state index in [1.54, 1.807) is 31.5 Å². The van der Waals surface area contributed by atoms with Crippen LogP contribution in [0.1, 0.15) is 23.8 Å². The number of imidazole rings is 1. The normalized spacial score (nSPS) is 11.7. The number of oxazole rings is 1. The van der Waals surface area contributed by atoms with Gasteiger partial charge in [-0.25, -0.2) is 18.7 Å². The number of hydrogen-bond donors (Lipinski definition) is 1. The minimum atomic E-state index is -2.97. The molecule has 8 heteroatoms. The standard InChI is InChI=1S/C27H24F2N4O2/c1-17-15-30-25(35-17)18-8-13-24-23(14-18)32-26(31-20-9-11-21(34-3)12-10-20)33(24)16-19-6-4-5-7-22(19)27(2,28)29/h4-15H,16H2,1-3H3,(H,31,32). The fourth-order valence-corrected chi connectivity index (χ4v) is 4.07. The Hall–Kier alpha value is -4.20. The summed E-state index contributed by atoms with van der Waals surface area (Å²) in [4.78, 5) is 9.10. The molecule has 0 saturated carbocycles. The minimum absolute atomic E-state index is 0.0101. The number of aromatic nitrogens is 3. The third-order valence-corrected chi connectivity index (χ3v) is 5.78. The molecule has 2 aromatic heterocycles. The number of nitrogens with zero attached hydrogens (tertiary/aromatic N) is 3. The van der Waals surface area contributed by atoms with E-state index < -0.39 is 5.92 Å². The lowest BCUT2D eigenvalue weighted by atomic mass is 10.0. The maximum Gasteiger partial charge on any atom is 0.270 e. The number of methoxy groups -OCH3 is 1. The second-order valence-electron chi connectivity index (χ2n) is 8.40. The van der Waals surface area contributed by atoms with Crippen molar-refractivity contribution in [1.29, 1.82) is 0 Å². The van der Waals surface area contributed by atoms with Crippen molar-refractivity contribution in [2.45, 2.75) is 26.3 Å². The summed E-state index contributed by atoms with van der Waals surface area (Å²) >= 11 is 0. The van der Waals surface area contributed by atoms with Crippen molar-refractivity contribution in [2.24, 2.45) is 0 Å². The van der Waals surface area contributed by atoms with Crippen LogP contribution >= 0.6 is 0 Å². The van der Waals surface area contributed by atoms with Gasteiger partial charge in [0.2, 0.25) is 11.8 Å². The van der Waals surface area contributed by atoms with E-state index in [1.807, 2.05) is 54.0 Å². The summed E-state index contributed by atoms with van der Waals surface area (Å²) < 4.78 is 41.5. The number of benzene rings is 3. The summed E-state index contributed by atoms with van der Waals surface area (Å²) in [6.45, 7) is 2.96. The largest absolute Gasteiger partial charge is 0.497 e. The van der Waals surface area contributed by atoms with Gasteiger partial charge in [0.1, 0.15) is 11.5 Å². The van der Waals surface area contributed by atoms with Crippen molar-refractivity contribution >= 4 is 22.7 Å². The second-order valence-corrected chi connectivity index (χ2v) is 8.40. The number of nitrogens with one attached hydrogen (secondary N) is 1. The number of rotatable bonds is 7. The Morgan fingerprint density at radius 2 is 1.83 bits per heavy atom. The molecule has 6 nitrogen and oxygen atoms in total. The van der Waals surface area contributed by atoms with Crippen LogP contribution in [-0.2, 0) is 12.5 Å². The van der Waals surface area contributed by atoms with Gasteiger partial charge in [-0.15, -0.1) is 0 Å². The zero-order valence-electron chi connectivity index (χ0n) is 19.5. The van der Waals surface area contributed by atoms with Crippen LogP contribution in [0.25, 0.3) is 22.5 Å². The smallest absolute Gasteiger partial charge is 0.270 e. The van der Waals surface area contributed by atoms with E-state index in [4.69, 9.17) is 14.1 Å². The lowest BCUT2D eigenvalue weighted by molar-refractivity contribution is 0.0165. The van der Waals surface area contributed by atoms with E-state index in [2.05, 4.69) is 10.3 Å². The minimum Gasteiger partial charge on any atom is -0.497 e. The number of halogens is 2. The molecule has 0 bridgehead atoms. The highest BCUT2D eigenvalue weighted by atomic mass is 19.3. The van der Waals surface area contributed by atoms with Crippen molar-refractivity contribution in [2.75, 3.05) is 12.4 Å². The van der Waals surface area contributed by atoms with Gasteiger partial charge in [0.05, 0.1) is 30.9 Å². The van der Waals surface area contributed by atoms with E-state index in [9.17, 15) is 8.78 Å². The third kappa shape index (κ3) is 4.59. The zero-order chi connectivity index (χ0) is 24.6. The number of anilines is 2. The Kier molecular flexibility index (Phi) is 5.72. The molecule has 0 aliphatic carbocycles. The van der Waals surface area contributed by atoms with Crippen LogP contribution < -0.4 is 10.1 Å². The molecule has 3 aromatic carbocycles. The van der Waals surface area contributed by atoms with Crippen LogP contribution in [0.2, 0.25) is 0 Å². The first-order valence-electron chi connectivity index (χ1n) is 11.1.